The smallest absolute Gasteiger partial charge is 0.301 e. The molecular formula is C26H30FN3O4S. The third-order valence-electron chi connectivity index (χ3n) is 5.62. The van der Waals surface area contributed by atoms with E-state index in [2.05, 4.69) is 16.3 Å². The lowest BCUT2D eigenvalue weighted by atomic mass is 9.95. The van der Waals surface area contributed by atoms with Crippen LogP contribution in [-0.4, -0.2) is 31.8 Å². The van der Waals surface area contributed by atoms with Gasteiger partial charge in [-0.15, -0.1) is 4.40 Å². The minimum absolute atomic E-state index is 0.131. The summed E-state index contributed by atoms with van der Waals surface area (Å²) in [6, 6.07) is 12.1. The molecule has 0 aliphatic carbocycles. The Hall–Kier alpha value is -3.43. The van der Waals surface area contributed by atoms with E-state index in [1.165, 1.54) is 12.3 Å². The molecule has 0 spiro atoms. The highest BCUT2D eigenvalue weighted by Crippen LogP contribution is 2.40. The molecule has 2 aromatic carbocycles. The number of halogens is 1. The Bertz CT molecular complexity index is 1250. The van der Waals surface area contributed by atoms with Gasteiger partial charge in [-0.3, -0.25) is 0 Å². The molecule has 1 aliphatic rings. The Kier molecular flexibility index (Phi) is 8.14. The molecule has 4 N–H and O–H groups in total. The van der Waals surface area contributed by atoms with Crippen molar-refractivity contribution in [1.82, 2.24) is 5.32 Å². The zero-order valence-electron chi connectivity index (χ0n) is 19.7. The first-order chi connectivity index (χ1) is 16.6. The summed E-state index contributed by atoms with van der Waals surface area (Å²) >= 11 is 0. The number of ether oxygens (including phenoxy) is 1. The van der Waals surface area contributed by atoms with Crippen LogP contribution in [-0.2, 0) is 14.8 Å². The van der Waals surface area contributed by atoms with Crippen molar-refractivity contribution < 1.29 is 22.7 Å². The topological polar surface area (TPSA) is 114 Å². The number of aliphatic hydroxyl groups is 1. The van der Waals surface area contributed by atoms with Crippen LogP contribution in [0.25, 0.3) is 5.57 Å². The van der Waals surface area contributed by atoms with Crippen LogP contribution in [0.3, 0.4) is 0 Å². The quantitative estimate of drug-likeness (QED) is 0.471. The Morgan fingerprint density at radius 3 is 2.54 bits per heavy atom. The van der Waals surface area contributed by atoms with Gasteiger partial charge in [0, 0.05) is 12.2 Å². The second-order valence-corrected chi connectivity index (χ2v) is 10.3. The molecule has 186 valence electrons. The molecule has 0 amide bonds. The summed E-state index contributed by atoms with van der Waals surface area (Å²) in [6.45, 7) is 6.77. The summed E-state index contributed by atoms with van der Waals surface area (Å²) in [5.41, 5.74) is 6.77. The number of rotatable bonds is 8. The predicted octanol–water partition coefficient (Wildman–Crippen LogP) is 4.12. The van der Waals surface area contributed by atoms with E-state index in [4.69, 9.17) is 10.5 Å². The molecule has 9 heteroatoms. The van der Waals surface area contributed by atoms with Crippen LogP contribution in [0.15, 0.2) is 83.9 Å². The number of nitrogens with zero attached hydrogens (tertiary/aromatic N) is 1. The monoisotopic (exact) mass is 499 g/mol. The van der Waals surface area contributed by atoms with E-state index in [0.717, 1.165) is 11.1 Å². The van der Waals surface area contributed by atoms with Crippen molar-refractivity contribution in [2.24, 2.45) is 10.1 Å². The number of sulfonamides is 1. The second kappa shape index (κ2) is 10.9. The van der Waals surface area contributed by atoms with E-state index in [1.807, 2.05) is 0 Å². The van der Waals surface area contributed by atoms with Crippen LogP contribution in [0.5, 0.6) is 0 Å². The lowest BCUT2D eigenvalue weighted by Gasteiger charge is -2.38. The molecule has 1 unspecified atom stereocenters. The van der Waals surface area contributed by atoms with E-state index in [1.54, 1.807) is 74.5 Å². The van der Waals surface area contributed by atoms with Crippen LogP contribution in [0.4, 0.5) is 4.39 Å². The Balaban J connectivity index is 1.94. The van der Waals surface area contributed by atoms with Gasteiger partial charge in [-0.1, -0.05) is 61.2 Å². The van der Waals surface area contributed by atoms with Crippen molar-refractivity contribution in [2.75, 3.05) is 6.61 Å². The van der Waals surface area contributed by atoms with Gasteiger partial charge in [-0.05, 0) is 55.3 Å². The van der Waals surface area contributed by atoms with E-state index >= 15 is 0 Å². The highest BCUT2D eigenvalue weighted by molar-refractivity contribution is 7.90. The average Bonchev–Trinajstić information content (AvgIpc) is 2.78. The van der Waals surface area contributed by atoms with Crippen molar-refractivity contribution in [3.05, 3.63) is 102 Å². The second-order valence-electron chi connectivity index (χ2n) is 8.57. The fourth-order valence-electron chi connectivity index (χ4n) is 4.15. The first-order valence-corrected chi connectivity index (χ1v) is 12.6. The van der Waals surface area contributed by atoms with Gasteiger partial charge in [0.2, 0.25) is 0 Å². The van der Waals surface area contributed by atoms with Gasteiger partial charge in [0.15, 0.2) is 0 Å². The summed E-state index contributed by atoms with van der Waals surface area (Å²) in [5, 5.41) is 11.2. The number of benzene rings is 2. The third-order valence-corrected chi connectivity index (χ3v) is 7.47. The van der Waals surface area contributed by atoms with E-state index in [-0.39, 0.29) is 24.6 Å². The molecular weight excluding hydrogens is 469 g/mol. The van der Waals surface area contributed by atoms with Gasteiger partial charge in [0.25, 0.3) is 10.0 Å². The lowest BCUT2D eigenvalue weighted by Crippen LogP contribution is -2.47. The summed E-state index contributed by atoms with van der Waals surface area (Å²) in [4.78, 5) is 0. The molecule has 2 atom stereocenters. The van der Waals surface area contributed by atoms with Crippen LogP contribution < -0.4 is 11.1 Å². The first-order valence-electron chi connectivity index (χ1n) is 11.1. The van der Waals surface area contributed by atoms with Crippen molar-refractivity contribution in [3.63, 3.8) is 0 Å². The van der Waals surface area contributed by atoms with Gasteiger partial charge in [-0.25, -0.2) is 12.8 Å². The van der Waals surface area contributed by atoms with Crippen LogP contribution >= 0.6 is 0 Å². The maximum Gasteiger partial charge on any atom is 0.301 e. The number of nitrogens with two attached hydrogens (primary N) is 1. The SMILES string of the molecule is C=C/C=C(\C=C/N)c1ccc(C2C(C)(C)OC(N[C@@H](CCO)c3ccccc3F)=NS2(=O)=O)cc1. The molecule has 0 saturated heterocycles. The number of allylic oxidation sites excluding steroid dienone is 4. The van der Waals surface area contributed by atoms with Gasteiger partial charge >= 0.3 is 6.02 Å². The summed E-state index contributed by atoms with van der Waals surface area (Å²) < 4.78 is 50.8. The largest absolute Gasteiger partial charge is 0.457 e. The number of amidine groups is 1. The maximum atomic E-state index is 14.3. The fourth-order valence-corrected chi connectivity index (χ4v) is 5.84. The molecule has 1 heterocycles. The highest BCUT2D eigenvalue weighted by Gasteiger charge is 2.47. The Morgan fingerprint density at radius 2 is 1.97 bits per heavy atom. The minimum atomic E-state index is -4.06. The standard InChI is InChI=1S/C26H30FN3O4S/c1-4-7-18(14-16-28)19-10-12-20(13-11-19)24-26(2,3)34-25(30-35(24,32)33)29-23(15-17-31)21-8-5-6-9-22(21)27/h4-14,16,23-24,31H,1,15,17,28H2,2-3H3,(H,29,30)/b16-14-,18-7+/t23-,24?/m0/s1. The molecule has 1 aliphatic heterocycles. The average molecular weight is 500 g/mol. The van der Waals surface area contributed by atoms with E-state index < -0.39 is 32.7 Å². The molecule has 0 fully saturated rings. The molecule has 0 saturated carbocycles. The van der Waals surface area contributed by atoms with Gasteiger partial charge < -0.3 is 20.9 Å². The molecule has 3 rings (SSSR count). The fraction of sp³-hybridized carbons (Fsp3) is 0.269. The summed E-state index contributed by atoms with van der Waals surface area (Å²) in [7, 11) is -4.06. The lowest BCUT2D eigenvalue weighted by molar-refractivity contribution is 0.0759. The van der Waals surface area contributed by atoms with Crippen LogP contribution in [0.1, 0.15) is 48.3 Å². The molecule has 0 radical (unpaired) electrons. The zero-order chi connectivity index (χ0) is 25.6. The molecule has 2 aromatic rings. The maximum absolute atomic E-state index is 14.3. The van der Waals surface area contributed by atoms with Crippen LogP contribution in [0.2, 0.25) is 0 Å². The minimum Gasteiger partial charge on any atom is -0.457 e. The zero-order valence-corrected chi connectivity index (χ0v) is 20.5. The van der Waals surface area contributed by atoms with Crippen molar-refractivity contribution in [3.8, 4) is 0 Å². The molecule has 7 nitrogen and oxygen atoms in total. The first kappa shape index (κ1) is 26.2. The highest BCUT2D eigenvalue weighted by atomic mass is 32.2. The number of nitrogens with one attached hydrogen (secondary N) is 1. The number of aliphatic hydroxyl groups excluding tert-OH is 1. The predicted molar refractivity (Wildman–Crippen MR) is 136 cm³/mol. The normalized spacial score (nSPS) is 20.1. The number of hydrogen-bond acceptors (Lipinski definition) is 6. The third kappa shape index (κ3) is 5.98. The van der Waals surface area contributed by atoms with Crippen molar-refractivity contribution >= 4 is 21.6 Å². The van der Waals surface area contributed by atoms with Gasteiger partial charge in [0.05, 0.1) is 6.04 Å². The molecule has 35 heavy (non-hydrogen) atoms. The summed E-state index contributed by atoms with van der Waals surface area (Å²) in [5.74, 6) is -0.482. The van der Waals surface area contributed by atoms with Crippen molar-refractivity contribution in [1.29, 1.82) is 0 Å². The number of hydrogen-bond donors (Lipinski definition) is 3. The van der Waals surface area contributed by atoms with Crippen LogP contribution in [0, 0.1) is 5.82 Å². The Labute approximate surface area is 205 Å². The van der Waals surface area contributed by atoms with E-state index in [9.17, 15) is 17.9 Å². The Morgan fingerprint density at radius 1 is 1.29 bits per heavy atom. The van der Waals surface area contributed by atoms with Crippen molar-refractivity contribution in [2.45, 2.75) is 37.2 Å². The van der Waals surface area contributed by atoms with Gasteiger partial charge in [-0.2, -0.15) is 0 Å². The van der Waals surface area contributed by atoms with E-state index in [0.29, 0.717) is 5.56 Å². The molecule has 0 bridgehead atoms. The van der Waals surface area contributed by atoms with Gasteiger partial charge in [0.1, 0.15) is 16.7 Å². The molecule has 0 aromatic heterocycles. The summed E-state index contributed by atoms with van der Waals surface area (Å²) in [6.07, 6.45) is 6.71.